The second kappa shape index (κ2) is 3.88. The molecule has 0 aliphatic carbocycles. The fourth-order valence-electron chi connectivity index (χ4n) is 2.83. The quantitative estimate of drug-likeness (QED) is 0.661. The van der Waals surface area contributed by atoms with Gasteiger partial charge in [-0.05, 0) is 55.2 Å². The van der Waals surface area contributed by atoms with Gasteiger partial charge in [-0.1, -0.05) is 23.8 Å². The van der Waals surface area contributed by atoms with Gasteiger partial charge in [0.1, 0.15) is 0 Å². The summed E-state index contributed by atoms with van der Waals surface area (Å²) in [6.07, 6.45) is 1.05. The summed E-state index contributed by atoms with van der Waals surface area (Å²) in [6.45, 7) is 6.55. The number of anilines is 2. The third-order valence-electron chi connectivity index (χ3n) is 4.03. The van der Waals surface area contributed by atoms with Crippen molar-refractivity contribution in [2.24, 2.45) is 0 Å². The number of hydrogen-bond acceptors (Lipinski definition) is 1. The van der Waals surface area contributed by atoms with Gasteiger partial charge >= 0.3 is 0 Å². The van der Waals surface area contributed by atoms with Gasteiger partial charge in [-0.25, -0.2) is 0 Å². The fraction of sp³-hybridized carbons (Fsp3) is 0.294. The molecule has 0 spiro atoms. The first kappa shape index (κ1) is 11.3. The van der Waals surface area contributed by atoms with E-state index in [0.717, 1.165) is 6.42 Å². The van der Waals surface area contributed by atoms with E-state index in [0.29, 0.717) is 0 Å². The Bertz CT molecular complexity index is 626. The van der Waals surface area contributed by atoms with Crippen LogP contribution in [0.1, 0.15) is 27.8 Å². The van der Waals surface area contributed by atoms with Crippen LogP contribution in [0.3, 0.4) is 0 Å². The molecule has 1 heterocycles. The number of rotatable bonds is 0. The largest absolute Gasteiger partial charge is 0.344 e. The zero-order valence-electron chi connectivity index (χ0n) is 11.5. The van der Waals surface area contributed by atoms with Crippen molar-refractivity contribution in [3.05, 3.63) is 58.1 Å². The van der Waals surface area contributed by atoms with Gasteiger partial charge in [0, 0.05) is 24.8 Å². The maximum atomic E-state index is 2.34. The third-order valence-corrected chi connectivity index (χ3v) is 4.03. The van der Waals surface area contributed by atoms with Crippen LogP contribution < -0.4 is 4.90 Å². The Morgan fingerprint density at radius 2 is 1.50 bits per heavy atom. The van der Waals surface area contributed by atoms with E-state index in [4.69, 9.17) is 0 Å². The van der Waals surface area contributed by atoms with E-state index >= 15 is 0 Å². The number of nitrogens with zero attached hydrogens (tertiary/aromatic N) is 1. The normalized spacial score (nSPS) is 13.2. The Hall–Kier alpha value is -1.76. The summed E-state index contributed by atoms with van der Waals surface area (Å²) in [6, 6.07) is 11.4. The van der Waals surface area contributed by atoms with Gasteiger partial charge in [0.2, 0.25) is 0 Å². The third kappa shape index (κ3) is 1.62. The van der Waals surface area contributed by atoms with Crippen LogP contribution in [0.25, 0.3) is 0 Å². The molecule has 0 amide bonds. The van der Waals surface area contributed by atoms with E-state index in [1.165, 1.54) is 39.2 Å². The molecule has 1 aliphatic rings. The lowest BCUT2D eigenvalue weighted by Gasteiger charge is -2.31. The van der Waals surface area contributed by atoms with Gasteiger partial charge in [-0.15, -0.1) is 0 Å². The van der Waals surface area contributed by atoms with Crippen molar-refractivity contribution in [2.75, 3.05) is 11.9 Å². The van der Waals surface area contributed by atoms with Gasteiger partial charge in [0.05, 0.1) is 0 Å². The van der Waals surface area contributed by atoms with Crippen molar-refractivity contribution < 1.29 is 0 Å². The molecule has 0 aromatic heterocycles. The molecule has 0 saturated heterocycles. The molecule has 0 atom stereocenters. The molecule has 1 nitrogen and oxygen atoms in total. The molecule has 0 radical (unpaired) electrons. The Morgan fingerprint density at radius 3 is 2.28 bits per heavy atom. The summed E-state index contributed by atoms with van der Waals surface area (Å²) in [7, 11) is 2.17. The summed E-state index contributed by atoms with van der Waals surface area (Å²) < 4.78 is 0. The first-order valence-electron chi connectivity index (χ1n) is 6.49. The highest BCUT2D eigenvalue weighted by atomic mass is 15.1. The van der Waals surface area contributed by atoms with Crippen molar-refractivity contribution in [3.8, 4) is 0 Å². The minimum atomic E-state index is 1.05. The topological polar surface area (TPSA) is 3.24 Å². The molecular formula is C17H19N. The van der Waals surface area contributed by atoms with Crippen LogP contribution in [-0.4, -0.2) is 7.05 Å². The number of aryl methyl sites for hydroxylation is 3. The molecule has 0 saturated carbocycles. The van der Waals surface area contributed by atoms with Gasteiger partial charge < -0.3 is 4.90 Å². The van der Waals surface area contributed by atoms with Crippen molar-refractivity contribution in [3.63, 3.8) is 0 Å². The zero-order valence-corrected chi connectivity index (χ0v) is 11.5. The first-order valence-corrected chi connectivity index (χ1v) is 6.49. The molecule has 0 unspecified atom stereocenters. The highest BCUT2D eigenvalue weighted by molar-refractivity contribution is 5.74. The SMILES string of the molecule is Cc1ccc2c(c1)Cc1cc(C)c(C)cc1N2C. The molecule has 1 aliphatic heterocycles. The van der Waals surface area contributed by atoms with E-state index in [-0.39, 0.29) is 0 Å². The fourth-order valence-corrected chi connectivity index (χ4v) is 2.83. The minimum Gasteiger partial charge on any atom is -0.344 e. The summed E-state index contributed by atoms with van der Waals surface area (Å²) >= 11 is 0. The maximum Gasteiger partial charge on any atom is 0.0446 e. The average Bonchev–Trinajstić information content (AvgIpc) is 2.32. The lowest BCUT2D eigenvalue weighted by atomic mass is 9.92. The Morgan fingerprint density at radius 1 is 0.833 bits per heavy atom. The summed E-state index contributed by atoms with van der Waals surface area (Å²) in [5, 5.41) is 0. The maximum absolute atomic E-state index is 2.34. The molecule has 1 heteroatoms. The van der Waals surface area contributed by atoms with E-state index in [9.17, 15) is 0 Å². The zero-order chi connectivity index (χ0) is 12.9. The second-order valence-corrected chi connectivity index (χ2v) is 5.43. The molecule has 0 fully saturated rings. The van der Waals surface area contributed by atoms with Crippen molar-refractivity contribution in [2.45, 2.75) is 27.2 Å². The highest BCUT2D eigenvalue weighted by Crippen LogP contribution is 2.38. The highest BCUT2D eigenvalue weighted by Gasteiger charge is 2.20. The lowest BCUT2D eigenvalue weighted by molar-refractivity contribution is 1.04. The van der Waals surface area contributed by atoms with Crippen LogP contribution in [0, 0.1) is 20.8 Å². The van der Waals surface area contributed by atoms with Gasteiger partial charge in [0.15, 0.2) is 0 Å². The summed E-state index contributed by atoms with van der Waals surface area (Å²) in [5.41, 5.74) is 9.68. The minimum absolute atomic E-state index is 1.05. The molecule has 18 heavy (non-hydrogen) atoms. The molecule has 3 rings (SSSR count). The van der Waals surface area contributed by atoms with E-state index in [1.807, 2.05) is 0 Å². The predicted octanol–water partition coefficient (Wildman–Crippen LogP) is 4.28. The van der Waals surface area contributed by atoms with Crippen LogP contribution in [0.15, 0.2) is 30.3 Å². The van der Waals surface area contributed by atoms with Crippen LogP contribution in [0.5, 0.6) is 0 Å². The number of fused-ring (bicyclic) bond motifs is 2. The predicted molar refractivity (Wildman–Crippen MR) is 78.0 cm³/mol. The first-order chi connectivity index (χ1) is 8.56. The molecule has 0 N–H and O–H groups in total. The lowest BCUT2D eigenvalue weighted by Crippen LogP contribution is -2.19. The van der Waals surface area contributed by atoms with E-state index in [2.05, 4.69) is 63.1 Å². The number of hydrogen-bond donors (Lipinski definition) is 0. The smallest absolute Gasteiger partial charge is 0.0446 e. The van der Waals surface area contributed by atoms with Crippen molar-refractivity contribution in [1.29, 1.82) is 0 Å². The molecule has 0 bridgehead atoms. The summed E-state index contributed by atoms with van der Waals surface area (Å²) in [5.74, 6) is 0. The Kier molecular flexibility index (Phi) is 2.44. The van der Waals surface area contributed by atoms with E-state index in [1.54, 1.807) is 0 Å². The van der Waals surface area contributed by atoms with E-state index < -0.39 is 0 Å². The Labute approximate surface area is 109 Å². The van der Waals surface area contributed by atoms with Crippen molar-refractivity contribution in [1.82, 2.24) is 0 Å². The van der Waals surface area contributed by atoms with Crippen LogP contribution in [0.2, 0.25) is 0 Å². The Balaban J connectivity index is 2.18. The standard InChI is InChI=1S/C17H19N/c1-11-5-6-16-14(7-11)10-15-8-12(2)13(3)9-17(15)18(16)4/h5-9H,10H2,1-4H3. The van der Waals surface area contributed by atoms with Crippen LogP contribution in [-0.2, 0) is 6.42 Å². The monoisotopic (exact) mass is 237 g/mol. The molecule has 2 aromatic rings. The van der Waals surface area contributed by atoms with Gasteiger partial charge in [0.25, 0.3) is 0 Å². The summed E-state index contributed by atoms with van der Waals surface area (Å²) in [4.78, 5) is 2.32. The van der Waals surface area contributed by atoms with Crippen LogP contribution in [0.4, 0.5) is 11.4 Å². The van der Waals surface area contributed by atoms with Crippen LogP contribution >= 0.6 is 0 Å². The average molecular weight is 237 g/mol. The molecule has 92 valence electrons. The van der Waals surface area contributed by atoms with Gasteiger partial charge in [-0.3, -0.25) is 0 Å². The molecular weight excluding hydrogens is 218 g/mol. The van der Waals surface area contributed by atoms with Gasteiger partial charge in [-0.2, -0.15) is 0 Å². The molecule has 2 aromatic carbocycles. The number of benzene rings is 2. The second-order valence-electron chi connectivity index (χ2n) is 5.43. The van der Waals surface area contributed by atoms with Crippen molar-refractivity contribution >= 4 is 11.4 Å².